The van der Waals surface area contributed by atoms with E-state index in [4.69, 9.17) is 16.3 Å². The number of nitrogens with one attached hydrogen (secondary N) is 1. The number of hydrogen-bond donors (Lipinski definition) is 1. The molecule has 1 aromatic rings. The Kier molecular flexibility index (Phi) is 4.23. The monoisotopic (exact) mass is 213 g/mol. The fourth-order valence-corrected chi connectivity index (χ4v) is 1.77. The Morgan fingerprint density at radius 2 is 2.14 bits per heavy atom. The third-order valence-electron chi connectivity index (χ3n) is 2.14. The standard InChI is InChI=1S/C11H16ClNO/c1-8-6-10(12)9(4-5-13-2)11(7-8)14-3/h6-7,13H,4-5H2,1-3H3. The van der Waals surface area contributed by atoms with E-state index in [9.17, 15) is 0 Å². The maximum absolute atomic E-state index is 6.14. The summed E-state index contributed by atoms with van der Waals surface area (Å²) in [6.45, 7) is 2.91. The summed E-state index contributed by atoms with van der Waals surface area (Å²) in [6, 6.07) is 3.98. The molecule has 1 rings (SSSR count). The van der Waals surface area contributed by atoms with Gasteiger partial charge in [-0.3, -0.25) is 0 Å². The number of methoxy groups -OCH3 is 1. The molecule has 0 fully saturated rings. The average molecular weight is 214 g/mol. The van der Waals surface area contributed by atoms with Crippen molar-refractivity contribution in [3.05, 3.63) is 28.3 Å². The molecule has 0 aliphatic heterocycles. The first-order valence-corrected chi connectivity index (χ1v) is 5.04. The fourth-order valence-electron chi connectivity index (χ4n) is 1.42. The van der Waals surface area contributed by atoms with Crippen LogP contribution < -0.4 is 10.1 Å². The largest absolute Gasteiger partial charge is 0.496 e. The first-order chi connectivity index (χ1) is 6.69. The van der Waals surface area contributed by atoms with Crippen molar-refractivity contribution in [2.45, 2.75) is 13.3 Å². The molecule has 0 atom stereocenters. The highest BCUT2D eigenvalue weighted by molar-refractivity contribution is 6.31. The van der Waals surface area contributed by atoms with Crippen molar-refractivity contribution in [3.8, 4) is 5.75 Å². The van der Waals surface area contributed by atoms with Gasteiger partial charge in [-0.15, -0.1) is 0 Å². The van der Waals surface area contributed by atoms with E-state index in [0.29, 0.717) is 0 Å². The first-order valence-electron chi connectivity index (χ1n) is 4.66. The first kappa shape index (κ1) is 11.3. The molecule has 0 radical (unpaired) electrons. The van der Waals surface area contributed by atoms with Crippen LogP contribution >= 0.6 is 11.6 Å². The van der Waals surface area contributed by atoms with Crippen LogP contribution in [0.4, 0.5) is 0 Å². The molecular weight excluding hydrogens is 198 g/mol. The van der Waals surface area contributed by atoms with Crippen LogP contribution in [0.2, 0.25) is 5.02 Å². The van der Waals surface area contributed by atoms with Crippen molar-refractivity contribution in [1.82, 2.24) is 5.32 Å². The minimum atomic E-state index is 0.789. The highest BCUT2D eigenvalue weighted by Gasteiger charge is 2.08. The van der Waals surface area contributed by atoms with Crippen LogP contribution in [0.3, 0.4) is 0 Å². The molecule has 0 spiro atoms. The fraction of sp³-hybridized carbons (Fsp3) is 0.455. The van der Waals surface area contributed by atoms with E-state index >= 15 is 0 Å². The van der Waals surface area contributed by atoms with E-state index in [-0.39, 0.29) is 0 Å². The van der Waals surface area contributed by atoms with E-state index in [1.54, 1.807) is 7.11 Å². The quantitative estimate of drug-likeness (QED) is 0.830. The smallest absolute Gasteiger partial charge is 0.123 e. The predicted octanol–water partition coefficient (Wildman–Crippen LogP) is 2.42. The highest BCUT2D eigenvalue weighted by Crippen LogP contribution is 2.28. The molecular formula is C11H16ClNO. The van der Waals surface area contributed by atoms with Crippen molar-refractivity contribution in [1.29, 1.82) is 0 Å². The zero-order chi connectivity index (χ0) is 10.6. The van der Waals surface area contributed by atoms with Crippen LogP contribution in [0, 0.1) is 6.92 Å². The molecule has 14 heavy (non-hydrogen) atoms. The molecule has 0 unspecified atom stereocenters. The summed E-state index contributed by atoms with van der Waals surface area (Å²) in [5.74, 6) is 0.880. The summed E-state index contributed by atoms with van der Waals surface area (Å²) >= 11 is 6.14. The summed E-state index contributed by atoms with van der Waals surface area (Å²) in [5.41, 5.74) is 2.20. The molecule has 0 aromatic heterocycles. The molecule has 0 aliphatic carbocycles. The molecule has 0 aliphatic rings. The van der Waals surface area contributed by atoms with Crippen LogP contribution in [-0.4, -0.2) is 20.7 Å². The van der Waals surface area contributed by atoms with Gasteiger partial charge in [-0.2, -0.15) is 0 Å². The summed E-state index contributed by atoms with van der Waals surface area (Å²) in [7, 11) is 3.60. The molecule has 78 valence electrons. The molecule has 0 heterocycles. The minimum absolute atomic E-state index is 0.789. The number of benzene rings is 1. The lowest BCUT2D eigenvalue weighted by molar-refractivity contribution is 0.409. The highest BCUT2D eigenvalue weighted by atomic mass is 35.5. The van der Waals surface area contributed by atoms with Crippen LogP contribution in [-0.2, 0) is 6.42 Å². The molecule has 1 N–H and O–H groups in total. The van der Waals surface area contributed by atoms with E-state index < -0.39 is 0 Å². The SMILES string of the molecule is CNCCc1c(Cl)cc(C)cc1OC. The van der Waals surface area contributed by atoms with Crippen molar-refractivity contribution in [3.63, 3.8) is 0 Å². The van der Waals surface area contributed by atoms with Gasteiger partial charge in [0.25, 0.3) is 0 Å². The van der Waals surface area contributed by atoms with Crippen LogP contribution in [0.25, 0.3) is 0 Å². The van der Waals surface area contributed by atoms with Crippen molar-refractivity contribution in [2.75, 3.05) is 20.7 Å². The van der Waals surface area contributed by atoms with E-state index in [1.165, 1.54) is 0 Å². The molecule has 2 nitrogen and oxygen atoms in total. The maximum atomic E-state index is 6.14. The number of likely N-dealkylation sites (N-methyl/N-ethyl adjacent to an activating group) is 1. The van der Waals surface area contributed by atoms with Crippen molar-refractivity contribution < 1.29 is 4.74 Å². The normalized spacial score (nSPS) is 10.3. The minimum Gasteiger partial charge on any atom is -0.496 e. The molecule has 1 aromatic carbocycles. The Bertz CT molecular complexity index is 312. The molecule has 0 bridgehead atoms. The third kappa shape index (κ3) is 2.63. The van der Waals surface area contributed by atoms with Gasteiger partial charge >= 0.3 is 0 Å². The molecule has 0 saturated carbocycles. The summed E-state index contributed by atoms with van der Waals surface area (Å²) in [6.07, 6.45) is 0.888. The number of rotatable bonds is 4. The lowest BCUT2D eigenvalue weighted by Gasteiger charge is -2.11. The summed E-state index contributed by atoms with van der Waals surface area (Å²) < 4.78 is 5.29. The van der Waals surface area contributed by atoms with Gasteiger partial charge in [-0.05, 0) is 44.6 Å². The van der Waals surface area contributed by atoms with Crippen molar-refractivity contribution >= 4 is 11.6 Å². The maximum Gasteiger partial charge on any atom is 0.123 e. The Morgan fingerprint density at radius 1 is 1.43 bits per heavy atom. The predicted molar refractivity (Wildman–Crippen MR) is 60.4 cm³/mol. The number of hydrogen-bond acceptors (Lipinski definition) is 2. The average Bonchev–Trinajstić information content (AvgIpc) is 2.15. The van der Waals surface area contributed by atoms with Crippen LogP contribution in [0.15, 0.2) is 12.1 Å². The zero-order valence-electron chi connectivity index (χ0n) is 8.86. The van der Waals surface area contributed by atoms with Gasteiger partial charge in [-0.1, -0.05) is 11.6 Å². The number of halogens is 1. The van der Waals surface area contributed by atoms with Crippen LogP contribution in [0.1, 0.15) is 11.1 Å². The van der Waals surface area contributed by atoms with Gasteiger partial charge in [0.2, 0.25) is 0 Å². The molecule has 0 saturated heterocycles. The topological polar surface area (TPSA) is 21.3 Å². The zero-order valence-corrected chi connectivity index (χ0v) is 9.61. The molecule has 3 heteroatoms. The summed E-state index contributed by atoms with van der Waals surface area (Å²) in [4.78, 5) is 0. The number of ether oxygens (including phenoxy) is 1. The lowest BCUT2D eigenvalue weighted by Crippen LogP contribution is -2.11. The van der Waals surface area contributed by atoms with E-state index in [1.807, 2.05) is 26.1 Å². The lowest BCUT2D eigenvalue weighted by atomic mass is 10.1. The summed E-state index contributed by atoms with van der Waals surface area (Å²) in [5, 5.41) is 3.88. The van der Waals surface area contributed by atoms with Crippen LogP contribution in [0.5, 0.6) is 5.75 Å². The third-order valence-corrected chi connectivity index (χ3v) is 2.48. The second kappa shape index (κ2) is 5.23. The second-order valence-corrected chi connectivity index (χ2v) is 3.69. The van der Waals surface area contributed by atoms with Gasteiger partial charge in [0.05, 0.1) is 7.11 Å². The van der Waals surface area contributed by atoms with E-state index in [2.05, 4.69) is 5.32 Å². The molecule has 0 amide bonds. The van der Waals surface area contributed by atoms with Gasteiger partial charge < -0.3 is 10.1 Å². The van der Waals surface area contributed by atoms with Crippen molar-refractivity contribution in [2.24, 2.45) is 0 Å². The van der Waals surface area contributed by atoms with Gasteiger partial charge in [0, 0.05) is 10.6 Å². The van der Waals surface area contributed by atoms with Gasteiger partial charge in [0.15, 0.2) is 0 Å². The number of aryl methyl sites for hydroxylation is 1. The van der Waals surface area contributed by atoms with E-state index in [0.717, 1.165) is 34.9 Å². The Morgan fingerprint density at radius 3 is 2.71 bits per heavy atom. The van der Waals surface area contributed by atoms with Gasteiger partial charge in [0.1, 0.15) is 5.75 Å². The Balaban J connectivity index is 2.99. The van der Waals surface area contributed by atoms with Gasteiger partial charge in [-0.25, -0.2) is 0 Å². The second-order valence-electron chi connectivity index (χ2n) is 3.28. The Labute approximate surface area is 90.2 Å². The Hall–Kier alpha value is -0.730.